The molecule has 0 aromatic carbocycles. The van der Waals surface area contributed by atoms with Crippen molar-refractivity contribution in [2.45, 2.75) is 0 Å². The first-order valence-corrected chi connectivity index (χ1v) is 0. The monoisotopic (exact) mass is 646 g/mol. The fraction of sp³-hybridized carbons (Fsp3) is 0. The van der Waals surface area contributed by atoms with Gasteiger partial charge in [-0.15, -0.1) is 0 Å². The second kappa shape index (κ2) is 34.1. The van der Waals surface area contributed by atoms with Gasteiger partial charge in [-0.2, -0.15) is 0 Å². The molecule has 0 aromatic rings. The van der Waals surface area contributed by atoms with E-state index in [1.165, 1.54) is 0 Å². The minimum Gasteiger partial charge on any atom is -1.00 e. The molecule has 0 radical (unpaired) electrons. The molecule has 48 valence electrons. The van der Waals surface area contributed by atoms with Gasteiger partial charge in [-0.25, -0.2) is 0 Å². The molecule has 0 saturated heterocycles. The zero-order valence-corrected chi connectivity index (χ0v) is 12.3. The Morgan fingerprint density at radius 2 is 0.333 bits per heavy atom. The van der Waals surface area contributed by atoms with Crippen LogP contribution in [0.3, 0.4) is 0 Å². The van der Waals surface area contributed by atoms with Gasteiger partial charge < -0.3 is 67.9 Å². The first-order valence-electron chi connectivity index (χ1n) is 0. The summed E-state index contributed by atoms with van der Waals surface area (Å²) in [5.74, 6) is 0. The fourth-order valence-electron chi connectivity index (χ4n) is 0. The van der Waals surface area contributed by atoms with E-state index in [2.05, 4.69) is 0 Å². The zero-order valence-electron chi connectivity index (χ0n) is 2.11. The summed E-state index contributed by atoms with van der Waals surface area (Å²) >= 11 is 0. The fourth-order valence-corrected chi connectivity index (χ4v) is 0. The molecule has 0 heterocycles. The van der Waals surface area contributed by atoms with Crippen molar-refractivity contribution in [2.75, 3.05) is 0 Å². The van der Waals surface area contributed by atoms with Crippen LogP contribution < -0.4 is 67.9 Å². The molecule has 0 aliphatic heterocycles. The van der Waals surface area contributed by atoms with Gasteiger partial charge in [0.05, 0.1) is 0 Å². The molecule has 0 N–H and O–H groups in total. The maximum absolute atomic E-state index is 0. The summed E-state index contributed by atoms with van der Waals surface area (Å²) in [6, 6.07) is 0. The molecular formula is Br4Ho2+2. The van der Waals surface area contributed by atoms with E-state index in [1.54, 1.807) is 0 Å². The molecule has 6 heavy (non-hydrogen) atoms. The van der Waals surface area contributed by atoms with Gasteiger partial charge in [0.1, 0.15) is 0 Å². The van der Waals surface area contributed by atoms with Crippen molar-refractivity contribution in [1.29, 1.82) is 0 Å². The van der Waals surface area contributed by atoms with Crippen molar-refractivity contribution in [3.8, 4) is 0 Å². The minimum absolute atomic E-state index is 0. The van der Waals surface area contributed by atoms with E-state index in [4.69, 9.17) is 0 Å². The number of hydrogen-bond donors (Lipinski definition) is 0. The molecule has 6 heteroatoms. The second-order valence-electron chi connectivity index (χ2n) is 0. The molecule has 0 rings (SSSR count). The Morgan fingerprint density at radius 1 is 0.333 bits per heavy atom. The summed E-state index contributed by atoms with van der Waals surface area (Å²) in [5, 5.41) is 0. The molecule has 0 unspecified atom stereocenters. The van der Waals surface area contributed by atoms with Crippen LogP contribution in [0.5, 0.6) is 0 Å². The van der Waals surface area contributed by atoms with Crippen LogP contribution in [0.1, 0.15) is 0 Å². The maximum atomic E-state index is 0. The number of rotatable bonds is 0. The SMILES string of the molecule is [Br-].[Br-].[Br-].[Br-].[Ho+3].[Ho+3]. The van der Waals surface area contributed by atoms with Crippen molar-refractivity contribution >= 4 is 0 Å². The van der Waals surface area contributed by atoms with Crippen molar-refractivity contribution in [2.24, 2.45) is 0 Å². The predicted octanol–water partition coefficient (Wildman–Crippen LogP) is -12.0. The summed E-state index contributed by atoms with van der Waals surface area (Å²) in [5.41, 5.74) is 0. The van der Waals surface area contributed by atoms with E-state index in [1.807, 2.05) is 0 Å². The van der Waals surface area contributed by atoms with Crippen LogP contribution in [0.4, 0.5) is 0 Å². The summed E-state index contributed by atoms with van der Waals surface area (Å²) in [4.78, 5) is 0. The van der Waals surface area contributed by atoms with Crippen LogP contribution in [-0.2, 0) is 0 Å². The average molecular weight is 649 g/mol. The molecule has 0 aliphatic rings. The van der Waals surface area contributed by atoms with Crippen molar-refractivity contribution in [3.05, 3.63) is 0 Å². The molecule has 0 aliphatic carbocycles. The minimum atomic E-state index is 0. The first kappa shape index (κ1) is 47.2. The van der Waals surface area contributed by atoms with Crippen LogP contribution in [0.2, 0.25) is 0 Å². The molecule has 0 saturated carbocycles. The van der Waals surface area contributed by atoms with Crippen molar-refractivity contribution in [1.82, 2.24) is 0 Å². The first-order chi connectivity index (χ1) is 0. The largest absolute Gasteiger partial charge is 3.00 e. The molecular weight excluding hydrogens is 649 g/mol. The van der Waals surface area contributed by atoms with Gasteiger partial charge in [0.2, 0.25) is 0 Å². The molecule has 0 fully saturated rings. The zero-order chi connectivity index (χ0) is 0. The van der Waals surface area contributed by atoms with Gasteiger partial charge in [-0.3, -0.25) is 0 Å². The standard InChI is InChI=1S/4BrH.2Ho/h4*1H;;/q;;;;2*+3/p-4. The topological polar surface area (TPSA) is 0 Å². The van der Waals surface area contributed by atoms with Crippen LogP contribution in [-0.4, -0.2) is 0 Å². The Kier molecular flexibility index (Phi) is 268. The maximum Gasteiger partial charge on any atom is 3.00 e. The van der Waals surface area contributed by atoms with Crippen LogP contribution in [0, 0.1) is 75.5 Å². The number of hydrogen-bond acceptors (Lipinski definition) is 0. The van der Waals surface area contributed by atoms with E-state index in [-0.39, 0.29) is 143 Å². The van der Waals surface area contributed by atoms with Gasteiger partial charge in [0, 0.05) is 0 Å². The van der Waals surface area contributed by atoms with E-state index in [0.29, 0.717) is 0 Å². The third-order valence-corrected chi connectivity index (χ3v) is 0. The Balaban J connectivity index is 0. The van der Waals surface area contributed by atoms with E-state index < -0.39 is 0 Å². The molecule has 0 spiro atoms. The Bertz CT molecular complexity index is 5.51. The smallest absolute Gasteiger partial charge is 1.00 e. The van der Waals surface area contributed by atoms with E-state index >= 15 is 0 Å². The van der Waals surface area contributed by atoms with Crippen molar-refractivity contribution in [3.63, 3.8) is 0 Å². The summed E-state index contributed by atoms with van der Waals surface area (Å²) in [6.45, 7) is 0. The summed E-state index contributed by atoms with van der Waals surface area (Å²) in [7, 11) is 0. The van der Waals surface area contributed by atoms with E-state index in [0.717, 1.165) is 0 Å². The van der Waals surface area contributed by atoms with Crippen LogP contribution >= 0.6 is 0 Å². The molecule has 0 aromatic heterocycles. The second-order valence-corrected chi connectivity index (χ2v) is 0. The van der Waals surface area contributed by atoms with Crippen molar-refractivity contribution < 1.29 is 143 Å². The Labute approximate surface area is 140 Å². The summed E-state index contributed by atoms with van der Waals surface area (Å²) < 4.78 is 0. The predicted molar refractivity (Wildman–Crippen MR) is 0 cm³/mol. The average Bonchev–Trinajstić information content (AvgIpc) is 0. The quantitative estimate of drug-likeness (QED) is 0.229. The third-order valence-electron chi connectivity index (χ3n) is 0. The summed E-state index contributed by atoms with van der Waals surface area (Å²) in [6.07, 6.45) is 0. The van der Waals surface area contributed by atoms with Gasteiger partial charge in [0.25, 0.3) is 0 Å². The van der Waals surface area contributed by atoms with Gasteiger partial charge in [-0.1, -0.05) is 0 Å². The normalized spacial score (nSPS) is 0. The molecule has 0 atom stereocenters. The Morgan fingerprint density at radius 3 is 0.333 bits per heavy atom. The van der Waals surface area contributed by atoms with Gasteiger partial charge >= 0.3 is 75.5 Å². The molecule has 0 amide bonds. The molecule has 0 nitrogen and oxygen atoms in total. The third kappa shape index (κ3) is 23.7. The Hall–Kier alpha value is 4.44. The van der Waals surface area contributed by atoms with Crippen LogP contribution in [0.15, 0.2) is 0 Å². The van der Waals surface area contributed by atoms with Gasteiger partial charge in [0.15, 0.2) is 0 Å². The van der Waals surface area contributed by atoms with Gasteiger partial charge in [-0.05, 0) is 0 Å². The molecule has 0 bridgehead atoms. The van der Waals surface area contributed by atoms with Crippen LogP contribution in [0.25, 0.3) is 0 Å². The number of halogens is 4. The van der Waals surface area contributed by atoms with E-state index in [9.17, 15) is 0 Å².